The van der Waals surface area contributed by atoms with Gasteiger partial charge in [0.2, 0.25) is 11.9 Å². The average Bonchev–Trinajstić information content (AvgIpc) is 3.72. The van der Waals surface area contributed by atoms with E-state index in [1.165, 1.54) is 21.8 Å². The second-order valence-electron chi connectivity index (χ2n) is 10.6. The van der Waals surface area contributed by atoms with E-state index in [2.05, 4.69) is 40.1 Å². The first-order valence-electron chi connectivity index (χ1n) is 13.3. The first kappa shape index (κ1) is 36.4. The zero-order valence-electron chi connectivity index (χ0n) is 24.3. The molecule has 7 rings (SSSR count). The summed E-state index contributed by atoms with van der Waals surface area (Å²) in [6, 6.07) is -2.49. The summed E-state index contributed by atoms with van der Waals surface area (Å²) in [5, 5.41) is 27.8. The van der Waals surface area contributed by atoms with Crippen LogP contribution in [0.4, 0.5) is 11.9 Å². The average molecular weight is 753 g/mol. The van der Waals surface area contributed by atoms with E-state index in [1.54, 1.807) is 0 Å². The topological polar surface area (TPSA) is 391 Å². The van der Waals surface area contributed by atoms with Crippen molar-refractivity contribution < 1.29 is 38.2 Å². The van der Waals surface area contributed by atoms with Gasteiger partial charge in [-0.3, -0.25) is 38.9 Å². The summed E-state index contributed by atoms with van der Waals surface area (Å²) >= 11 is 10.4. The van der Waals surface area contributed by atoms with E-state index in [1.807, 2.05) is 0 Å². The molecule has 0 amide bonds. The molecule has 3 fully saturated rings. The fourth-order valence-electron chi connectivity index (χ4n) is 5.59. The number of hydrogen-bond acceptors (Lipinski definition) is 20. The lowest BCUT2D eigenvalue weighted by molar-refractivity contribution is -0.190. The SMILES string of the molecule is N.N.Nc1nc2c(ncn2[C@@H]2O[C@@H]3COP([O-])(=S)N[C@H]4[C@@H](O)[C@H](n5cnc6c(=O)[nH]c(N)nc65)O[C@@H]4COP(=O)([S-])N[C@H]3[C@H]2O)c(=O)[nH]1. The fraction of sp³-hybridized carbons (Fsp3) is 0.500. The van der Waals surface area contributed by atoms with Crippen LogP contribution < -0.4 is 50.0 Å². The summed E-state index contributed by atoms with van der Waals surface area (Å²) in [5.74, 6) is -0.428. The van der Waals surface area contributed by atoms with Gasteiger partial charge in [-0.05, 0) is 0 Å². The minimum absolute atomic E-state index is 0. The Balaban J connectivity index is 0.00000225. The normalized spacial score (nSPS) is 35.6. The maximum absolute atomic E-state index is 13.5. The van der Waals surface area contributed by atoms with Gasteiger partial charge in [0.05, 0.1) is 44.6 Å². The molecule has 28 heteroatoms. The number of aliphatic hydroxyl groups excluding tert-OH is 2. The first-order valence-corrected chi connectivity index (χ1v) is 18.6. The van der Waals surface area contributed by atoms with Crippen molar-refractivity contribution in [3.05, 3.63) is 33.4 Å². The van der Waals surface area contributed by atoms with E-state index in [4.69, 9.17) is 54.0 Å². The van der Waals surface area contributed by atoms with E-state index in [9.17, 15) is 29.3 Å². The van der Waals surface area contributed by atoms with Gasteiger partial charge in [-0.25, -0.2) is 9.97 Å². The van der Waals surface area contributed by atoms with Gasteiger partial charge in [0.15, 0.2) is 34.8 Å². The maximum atomic E-state index is 13.5. The largest absolute Gasteiger partial charge is 0.789 e. The highest BCUT2D eigenvalue weighted by atomic mass is 32.7. The number of ether oxygens (including phenoxy) is 2. The second-order valence-corrected chi connectivity index (χ2v) is 16.5. The van der Waals surface area contributed by atoms with E-state index >= 15 is 0 Å². The molecule has 10 atom stereocenters. The van der Waals surface area contributed by atoms with Crippen LogP contribution in [0.25, 0.3) is 22.3 Å². The third-order valence-electron chi connectivity index (χ3n) is 7.63. The molecule has 3 aliphatic heterocycles. The Morgan fingerprint density at radius 1 is 0.875 bits per heavy atom. The lowest BCUT2D eigenvalue weighted by atomic mass is 10.1. The summed E-state index contributed by atoms with van der Waals surface area (Å²) < 4.78 is 39.0. The second kappa shape index (κ2) is 13.1. The highest BCUT2D eigenvalue weighted by molar-refractivity contribution is 8.33. The molecule has 264 valence electrons. The van der Waals surface area contributed by atoms with Crippen LogP contribution >= 0.6 is 13.4 Å². The number of hydrogen-bond donors (Lipinski definition) is 10. The minimum atomic E-state index is -4.20. The third kappa shape index (κ3) is 6.41. The summed E-state index contributed by atoms with van der Waals surface area (Å²) in [4.78, 5) is 58.8. The smallest absolute Gasteiger partial charge is 0.280 e. The van der Waals surface area contributed by atoms with Crippen LogP contribution in [0.15, 0.2) is 22.2 Å². The summed E-state index contributed by atoms with van der Waals surface area (Å²) in [6.45, 7) is -9.47. The van der Waals surface area contributed by atoms with Crippen LogP contribution in [0.1, 0.15) is 12.5 Å². The molecule has 0 bridgehead atoms. The maximum Gasteiger partial charge on any atom is 0.280 e. The van der Waals surface area contributed by atoms with E-state index in [0.29, 0.717) is 0 Å². The number of aromatic amines is 2. The molecule has 0 aliphatic carbocycles. The molecule has 2 unspecified atom stereocenters. The van der Waals surface area contributed by atoms with Crippen molar-refractivity contribution in [2.45, 2.75) is 49.0 Å². The number of nitrogens with one attached hydrogen (secondary N) is 4. The van der Waals surface area contributed by atoms with Crippen LogP contribution in [0.2, 0.25) is 0 Å². The van der Waals surface area contributed by atoms with Crippen LogP contribution in [0.3, 0.4) is 0 Å². The molecule has 3 saturated heterocycles. The number of imidazole rings is 2. The fourth-order valence-corrected chi connectivity index (χ4v) is 8.89. The summed E-state index contributed by atoms with van der Waals surface area (Å²) in [6.07, 6.45) is -5.60. The molecule has 3 aliphatic rings. The molecule has 48 heavy (non-hydrogen) atoms. The van der Waals surface area contributed by atoms with Gasteiger partial charge in [-0.1, -0.05) is 11.8 Å². The Morgan fingerprint density at radius 2 is 1.31 bits per heavy atom. The van der Waals surface area contributed by atoms with Gasteiger partial charge < -0.3 is 74.2 Å². The molecule has 0 radical (unpaired) electrons. The van der Waals surface area contributed by atoms with Crippen molar-refractivity contribution in [1.29, 1.82) is 0 Å². The molecule has 0 saturated carbocycles. The Hall–Kier alpha value is -2.91. The molecular weight excluding hydrogens is 722 g/mol. The van der Waals surface area contributed by atoms with Crippen molar-refractivity contribution in [1.82, 2.24) is 61.5 Å². The number of nitrogen functional groups attached to an aromatic ring is 2. The zero-order chi connectivity index (χ0) is 32.7. The van der Waals surface area contributed by atoms with Gasteiger partial charge in [0.25, 0.3) is 11.1 Å². The number of H-pyrrole nitrogens is 2. The molecule has 0 aromatic carbocycles. The standard InChI is InChI=1S/C20H26N12O10P2S2.2H3N/c21-19-25-13-9(15(35)27-19)23-3-31(13)17-11(33)7-5(41-17)1-39-43(37,45)30-8-6(2-40-44(38,46)29-7)42-18(12(8)34)32-4-24-10-14(32)26-20(22)28-16(10)36;;/h3-8,11-12,17-18,33-34H,1-2H2,(H2,29,38,46)(H2,30,37,45)(H3,21,25,27,35)(H3,22,26,28,36);2*1H3/p-2/t5-,6-,7-,8-,11-,12-,17-,18-,43?,44?;;/m1../s1. The van der Waals surface area contributed by atoms with Crippen molar-refractivity contribution in [3.8, 4) is 0 Å². The van der Waals surface area contributed by atoms with Gasteiger partial charge in [0.1, 0.15) is 31.1 Å². The Labute approximate surface area is 278 Å². The molecule has 4 aromatic heterocycles. The van der Waals surface area contributed by atoms with Gasteiger partial charge in [-0.2, -0.15) is 9.97 Å². The van der Waals surface area contributed by atoms with Crippen LogP contribution in [-0.2, 0) is 47.1 Å². The van der Waals surface area contributed by atoms with E-state index < -0.39 is 86.7 Å². The van der Waals surface area contributed by atoms with Gasteiger partial charge in [0, 0.05) is 0 Å². The van der Waals surface area contributed by atoms with Crippen LogP contribution in [0.5, 0.6) is 0 Å². The van der Waals surface area contributed by atoms with Gasteiger partial charge in [-0.15, -0.1) is 0 Å². The lowest BCUT2D eigenvalue weighted by Crippen LogP contribution is -2.49. The number of aromatic nitrogens is 8. The van der Waals surface area contributed by atoms with E-state index in [0.717, 1.165) is 0 Å². The lowest BCUT2D eigenvalue weighted by Gasteiger charge is -2.38. The quantitative estimate of drug-likeness (QED) is 0.0700. The number of aliphatic hydroxyl groups is 2. The summed E-state index contributed by atoms with van der Waals surface area (Å²) in [7, 11) is 0. The monoisotopic (exact) mass is 752 g/mol. The van der Waals surface area contributed by atoms with Crippen molar-refractivity contribution in [2.75, 3.05) is 24.7 Å². The molecular formula is C20H30N14O10P2S2-2. The molecule has 16 N–H and O–H groups in total. The predicted molar refractivity (Wildman–Crippen MR) is 170 cm³/mol. The number of rotatable bonds is 2. The minimum Gasteiger partial charge on any atom is -0.789 e. The van der Waals surface area contributed by atoms with Crippen molar-refractivity contribution in [2.24, 2.45) is 0 Å². The zero-order valence-corrected chi connectivity index (χ0v) is 27.7. The molecule has 24 nitrogen and oxygen atoms in total. The van der Waals surface area contributed by atoms with Crippen LogP contribution in [-0.4, -0.2) is 99.0 Å². The molecule has 0 spiro atoms. The van der Waals surface area contributed by atoms with Gasteiger partial charge >= 0.3 is 0 Å². The Morgan fingerprint density at radius 3 is 1.79 bits per heavy atom. The van der Waals surface area contributed by atoms with Crippen molar-refractivity contribution in [3.63, 3.8) is 0 Å². The van der Waals surface area contributed by atoms with Crippen molar-refractivity contribution >= 4 is 71.6 Å². The number of nitrogens with zero attached hydrogens (tertiary/aromatic N) is 6. The highest BCUT2D eigenvalue weighted by Crippen LogP contribution is 2.47. The highest BCUT2D eigenvalue weighted by Gasteiger charge is 2.49. The molecule has 7 heterocycles. The number of fused-ring (bicyclic) bond motifs is 4. The third-order valence-corrected chi connectivity index (χ3v) is 11.1. The Bertz CT molecular complexity index is 1920. The summed E-state index contributed by atoms with van der Waals surface area (Å²) in [5.41, 5.74) is 9.90. The number of anilines is 2. The van der Waals surface area contributed by atoms with E-state index in [-0.39, 0.29) is 46.5 Å². The molecule has 4 aromatic rings. The number of nitrogens with two attached hydrogens (primary N) is 2. The van der Waals surface area contributed by atoms with Crippen LogP contribution in [0, 0.1) is 0 Å². The Kier molecular flexibility index (Phi) is 9.92. The first-order chi connectivity index (χ1) is 21.7. The predicted octanol–water partition coefficient (Wildman–Crippen LogP) is -3.54.